The van der Waals surface area contributed by atoms with Crippen molar-refractivity contribution in [1.82, 2.24) is 0 Å². The molecule has 27 heavy (non-hydrogen) atoms. The quantitative estimate of drug-likeness (QED) is 0.294. The summed E-state index contributed by atoms with van der Waals surface area (Å²) in [5.41, 5.74) is -10.9. The Labute approximate surface area is 157 Å². The number of hydrogen-bond donors (Lipinski definition) is 0. The third-order valence-corrected chi connectivity index (χ3v) is 10.2. The average Bonchev–Trinajstić information content (AvgIpc) is 2.30. The van der Waals surface area contributed by atoms with Crippen LogP contribution < -0.4 is 0 Å². The van der Waals surface area contributed by atoms with Crippen molar-refractivity contribution >= 4 is 40.9 Å². The minimum absolute atomic E-state index is 0.232. The van der Waals surface area contributed by atoms with E-state index in [4.69, 9.17) is 0 Å². The van der Waals surface area contributed by atoms with Gasteiger partial charge in [0.1, 0.15) is 0 Å². The SMILES string of the molecule is C/C(=C\CS(C)(C)OS(=O)(=O)C(F)(F)F)CS(C)(C)OS(=O)(=O)C(F)(F)F. The fraction of sp³-hybridized carbons (Fsp3) is 0.818. The Hall–Kier alpha value is -0.160. The molecule has 0 N–H and O–H groups in total. The molecule has 0 aliphatic rings. The lowest BCUT2D eigenvalue weighted by molar-refractivity contribution is -0.0500. The Morgan fingerprint density at radius 3 is 1.44 bits per heavy atom. The summed E-state index contributed by atoms with van der Waals surface area (Å²) in [6, 6.07) is 0. The molecule has 0 spiro atoms. The smallest absolute Gasteiger partial charge is 0.213 e. The third-order valence-electron chi connectivity index (χ3n) is 2.52. The zero-order valence-electron chi connectivity index (χ0n) is 14.8. The molecule has 0 aromatic carbocycles. The van der Waals surface area contributed by atoms with E-state index in [1.54, 1.807) is 0 Å². The molecular weight excluding hydrogens is 470 g/mol. The monoisotopic (exact) mass is 490 g/mol. The van der Waals surface area contributed by atoms with Crippen molar-refractivity contribution in [3.05, 3.63) is 11.6 Å². The van der Waals surface area contributed by atoms with Gasteiger partial charge in [-0.15, -0.1) is 20.6 Å². The summed E-state index contributed by atoms with van der Waals surface area (Å²) in [6.07, 6.45) is 5.91. The first-order valence-electron chi connectivity index (χ1n) is 6.64. The summed E-state index contributed by atoms with van der Waals surface area (Å²) in [5, 5.41) is 0. The van der Waals surface area contributed by atoms with Gasteiger partial charge in [0.15, 0.2) is 0 Å². The Morgan fingerprint density at radius 1 is 0.778 bits per heavy atom. The van der Waals surface area contributed by atoms with E-state index < -0.39 is 51.9 Å². The van der Waals surface area contributed by atoms with Gasteiger partial charge >= 0.3 is 31.3 Å². The molecule has 0 unspecified atom stereocenters. The first kappa shape index (κ1) is 26.8. The van der Waals surface area contributed by atoms with E-state index in [-0.39, 0.29) is 11.5 Å². The third kappa shape index (κ3) is 8.81. The van der Waals surface area contributed by atoms with Crippen molar-refractivity contribution < 1.29 is 50.4 Å². The first-order chi connectivity index (χ1) is 11.5. The maximum Gasteiger partial charge on any atom is 0.523 e. The highest BCUT2D eigenvalue weighted by molar-refractivity contribution is 8.32. The molecule has 166 valence electrons. The van der Waals surface area contributed by atoms with Crippen LogP contribution in [0.1, 0.15) is 6.92 Å². The molecular formula is C11H20F6O6S4. The molecule has 0 amide bonds. The fourth-order valence-electron chi connectivity index (χ4n) is 1.56. The molecule has 0 aliphatic heterocycles. The van der Waals surface area contributed by atoms with E-state index in [1.165, 1.54) is 13.0 Å². The summed E-state index contributed by atoms with van der Waals surface area (Å²) >= 11 is 0. The highest BCUT2D eigenvalue weighted by Gasteiger charge is 2.50. The summed E-state index contributed by atoms with van der Waals surface area (Å²) in [4.78, 5) is 0. The van der Waals surface area contributed by atoms with Gasteiger partial charge in [-0.05, 0) is 31.9 Å². The van der Waals surface area contributed by atoms with Crippen LogP contribution in [0.4, 0.5) is 26.3 Å². The minimum Gasteiger partial charge on any atom is -0.213 e. The Balaban J connectivity index is 5.16. The van der Waals surface area contributed by atoms with Crippen LogP contribution >= 0.6 is 20.6 Å². The normalized spacial score (nSPS) is 17.1. The van der Waals surface area contributed by atoms with Crippen molar-refractivity contribution in [3.63, 3.8) is 0 Å². The zero-order valence-corrected chi connectivity index (χ0v) is 18.1. The second-order valence-corrected chi connectivity index (χ2v) is 16.4. The van der Waals surface area contributed by atoms with Gasteiger partial charge in [-0.3, -0.25) is 0 Å². The molecule has 16 heteroatoms. The van der Waals surface area contributed by atoms with Crippen LogP contribution in [-0.2, 0) is 27.5 Å². The number of alkyl halides is 6. The van der Waals surface area contributed by atoms with Gasteiger partial charge in [0.2, 0.25) is 0 Å². The van der Waals surface area contributed by atoms with Crippen molar-refractivity contribution in [2.45, 2.75) is 17.9 Å². The van der Waals surface area contributed by atoms with E-state index in [0.717, 1.165) is 25.0 Å². The van der Waals surface area contributed by atoms with Crippen LogP contribution in [0.15, 0.2) is 11.6 Å². The standard InChI is InChI=1S/C11H20F6O6S4/c1-9(8-25(4,5)23-27(20,21)11(15,16)17)6-7-24(2,3)22-26(18,19)10(12,13)14/h6H,7-8H2,1-5H3/b9-6+. The lowest BCUT2D eigenvalue weighted by atomic mass is 10.3. The van der Waals surface area contributed by atoms with E-state index in [2.05, 4.69) is 7.26 Å². The van der Waals surface area contributed by atoms with Gasteiger partial charge < -0.3 is 0 Å². The van der Waals surface area contributed by atoms with Crippen LogP contribution in [0.2, 0.25) is 0 Å². The maximum atomic E-state index is 12.4. The maximum absolute atomic E-state index is 12.4. The van der Waals surface area contributed by atoms with Crippen LogP contribution in [0.5, 0.6) is 0 Å². The number of rotatable bonds is 8. The van der Waals surface area contributed by atoms with Crippen LogP contribution in [0.25, 0.3) is 0 Å². The highest BCUT2D eigenvalue weighted by Crippen LogP contribution is 2.49. The average molecular weight is 491 g/mol. The predicted molar refractivity (Wildman–Crippen MR) is 94.5 cm³/mol. The van der Waals surface area contributed by atoms with Crippen LogP contribution in [0, 0.1) is 0 Å². The van der Waals surface area contributed by atoms with Gasteiger partial charge in [-0.2, -0.15) is 43.2 Å². The molecule has 0 heterocycles. The molecule has 0 radical (unpaired) electrons. The predicted octanol–water partition coefficient (Wildman–Crippen LogP) is 3.62. The fourth-order valence-corrected chi connectivity index (χ4v) is 8.38. The van der Waals surface area contributed by atoms with Crippen molar-refractivity contribution in [3.8, 4) is 0 Å². The van der Waals surface area contributed by atoms with Crippen LogP contribution in [-0.4, -0.2) is 64.4 Å². The summed E-state index contributed by atoms with van der Waals surface area (Å²) in [7, 11) is -17.1. The largest absolute Gasteiger partial charge is 0.523 e. The second-order valence-electron chi connectivity index (χ2n) is 6.17. The van der Waals surface area contributed by atoms with E-state index in [0.29, 0.717) is 5.57 Å². The van der Waals surface area contributed by atoms with E-state index in [1.807, 2.05) is 0 Å². The molecule has 0 aromatic heterocycles. The van der Waals surface area contributed by atoms with Crippen molar-refractivity contribution in [2.75, 3.05) is 36.5 Å². The first-order valence-corrected chi connectivity index (χ1v) is 14.5. The molecule has 0 aliphatic carbocycles. The Morgan fingerprint density at radius 2 is 1.11 bits per heavy atom. The number of hydrogen-bond acceptors (Lipinski definition) is 6. The molecule has 6 nitrogen and oxygen atoms in total. The van der Waals surface area contributed by atoms with E-state index >= 15 is 0 Å². The molecule has 0 rings (SSSR count). The van der Waals surface area contributed by atoms with Gasteiger partial charge in [-0.1, -0.05) is 11.6 Å². The van der Waals surface area contributed by atoms with Crippen LogP contribution in [0.3, 0.4) is 0 Å². The van der Waals surface area contributed by atoms with Gasteiger partial charge in [0, 0.05) is 11.5 Å². The molecule has 0 atom stereocenters. The lowest BCUT2D eigenvalue weighted by Crippen LogP contribution is -2.27. The van der Waals surface area contributed by atoms with Gasteiger partial charge in [-0.25, -0.2) is 7.26 Å². The van der Waals surface area contributed by atoms with Gasteiger partial charge in [0.05, 0.1) is 0 Å². The van der Waals surface area contributed by atoms with Gasteiger partial charge in [0.25, 0.3) is 0 Å². The topological polar surface area (TPSA) is 86.7 Å². The molecule has 0 aromatic rings. The Kier molecular flexibility index (Phi) is 8.25. The summed E-state index contributed by atoms with van der Waals surface area (Å²) < 4.78 is 127. The zero-order chi connectivity index (χ0) is 22.1. The molecule has 0 bridgehead atoms. The summed E-state index contributed by atoms with van der Waals surface area (Å²) in [5.74, 6) is -0.487. The van der Waals surface area contributed by atoms with Crippen molar-refractivity contribution in [1.29, 1.82) is 0 Å². The Bertz CT molecular complexity index is 764. The summed E-state index contributed by atoms with van der Waals surface area (Å²) in [6.45, 7) is 1.39. The second kappa shape index (κ2) is 8.30. The van der Waals surface area contributed by atoms with Crippen molar-refractivity contribution in [2.24, 2.45) is 0 Å². The van der Waals surface area contributed by atoms with E-state index in [9.17, 15) is 43.2 Å². The molecule has 0 fully saturated rings. The highest BCUT2D eigenvalue weighted by atomic mass is 32.3. The molecule has 0 saturated heterocycles. The lowest BCUT2D eigenvalue weighted by Gasteiger charge is -2.32. The molecule has 0 saturated carbocycles. The minimum atomic E-state index is -5.80. The number of halogens is 6.